The van der Waals surface area contributed by atoms with Crippen LogP contribution in [0.2, 0.25) is 0 Å². The zero-order valence-electron chi connectivity index (χ0n) is 6.46. The Morgan fingerprint density at radius 1 is 1.10 bits per heavy atom. The lowest BCUT2D eigenvalue weighted by Crippen LogP contribution is -1.98. The molecular weight excluding hydrogens is 124 g/mol. The van der Waals surface area contributed by atoms with E-state index < -0.39 is 0 Å². The van der Waals surface area contributed by atoms with E-state index in [1.807, 2.05) is 19.9 Å². The first kappa shape index (κ1) is 8.82. The lowest BCUT2D eigenvalue weighted by atomic mass is 10.3. The fraction of sp³-hybridized carbons (Fsp3) is 0.250. The molecule has 0 aromatic rings. The minimum atomic E-state index is 0.679. The normalized spacial score (nSPS) is 14.6. The summed E-state index contributed by atoms with van der Waals surface area (Å²) in [7, 11) is 0. The molecule has 0 saturated carbocycles. The van der Waals surface area contributed by atoms with E-state index in [4.69, 9.17) is 11.5 Å². The Morgan fingerprint density at radius 3 is 2.10 bits per heavy atom. The Kier molecular flexibility index (Phi) is 4.12. The summed E-state index contributed by atoms with van der Waals surface area (Å²) in [4.78, 5) is 0. The number of rotatable bonds is 2. The van der Waals surface area contributed by atoms with E-state index in [0.717, 1.165) is 0 Å². The highest BCUT2D eigenvalue weighted by Gasteiger charge is 1.81. The van der Waals surface area contributed by atoms with Gasteiger partial charge in [0.1, 0.15) is 0 Å². The van der Waals surface area contributed by atoms with Crippen LogP contribution in [-0.4, -0.2) is 0 Å². The first-order chi connectivity index (χ1) is 4.70. The van der Waals surface area contributed by atoms with Gasteiger partial charge in [-0.25, -0.2) is 0 Å². The van der Waals surface area contributed by atoms with Crippen LogP contribution in [-0.2, 0) is 0 Å². The first-order valence-electron chi connectivity index (χ1n) is 3.22. The highest BCUT2D eigenvalue weighted by atomic mass is 14.6. The van der Waals surface area contributed by atoms with Gasteiger partial charge in [0, 0.05) is 11.4 Å². The summed E-state index contributed by atoms with van der Waals surface area (Å²) in [5.41, 5.74) is 12.4. The SMILES string of the molecule is C\C=C/C(N)=C\C(N)=C/C. The highest BCUT2D eigenvalue weighted by Crippen LogP contribution is 1.92. The van der Waals surface area contributed by atoms with Crippen molar-refractivity contribution < 1.29 is 0 Å². The third kappa shape index (κ3) is 3.78. The number of hydrogen-bond acceptors (Lipinski definition) is 2. The average Bonchev–Trinajstić information content (AvgIpc) is 1.88. The highest BCUT2D eigenvalue weighted by molar-refractivity contribution is 5.25. The van der Waals surface area contributed by atoms with E-state index >= 15 is 0 Å². The third-order valence-corrected chi connectivity index (χ3v) is 1.03. The van der Waals surface area contributed by atoms with Crippen molar-refractivity contribution in [3.8, 4) is 0 Å². The molecule has 0 aromatic heterocycles. The predicted octanol–water partition coefficient (Wildman–Crippen LogP) is 1.27. The van der Waals surface area contributed by atoms with Crippen molar-refractivity contribution in [1.29, 1.82) is 0 Å². The second-order valence-electron chi connectivity index (χ2n) is 1.93. The monoisotopic (exact) mass is 138 g/mol. The van der Waals surface area contributed by atoms with Gasteiger partial charge in [0.05, 0.1) is 0 Å². The van der Waals surface area contributed by atoms with Crippen LogP contribution in [0.25, 0.3) is 0 Å². The molecule has 0 heterocycles. The molecule has 56 valence electrons. The zero-order chi connectivity index (χ0) is 7.98. The molecule has 2 heteroatoms. The van der Waals surface area contributed by atoms with E-state index in [1.54, 1.807) is 18.2 Å². The van der Waals surface area contributed by atoms with Gasteiger partial charge < -0.3 is 11.5 Å². The molecule has 0 rings (SSSR count). The summed E-state index contributed by atoms with van der Waals surface area (Å²) in [5.74, 6) is 0. The molecule has 0 saturated heterocycles. The van der Waals surface area contributed by atoms with Gasteiger partial charge in [-0.15, -0.1) is 0 Å². The fourth-order valence-electron chi connectivity index (χ4n) is 0.516. The molecule has 0 atom stereocenters. The van der Waals surface area contributed by atoms with Gasteiger partial charge >= 0.3 is 0 Å². The molecule has 0 aliphatic carbocycles. The van der Waals surface area contributed by atoms with Crippen LogP contribution in [0.15, 0.2) is 35.7 Å². The quantitative estimate of drug-likeness (QED) is 0.564. The van der Waals surface area contributed by atoms with Crippen molar-refractivity contribution in [2.45, 2.75) is 13.8 Å². The lowest BCUT2D eigenvalue weighted by Gasteiger charge is -1.92. The molecule has 0 amide bonds. The first-order valence-corrected chi connectivity index (χ1v) is 3.22. The topological polar surface area (TPSA) is 52.0 Å². The smallest absolute Gasteiger partial charge is 0.0331 e. The Morgan fingerprint density at radius 2 is 1.70 bits per heavy atom. The van der Waals surface area contributed by atoms with Crippen molar-refractivity contribution in [3.63, 3.8) is 0 Å². The van der Waals surface area contributed by atoms with Crippen molar-refractivity contribution in [3.05, 3.63) is 35.7 Å². The van der Waals surface area contributed by atoms with Gasteiger partial charge in [0.15, 0.2) is 0 Å². The van der Waals surface area contributed by atoms with E-state index in [9.17, 15) is 0 Å². The van der Waals surface area contributed by atoms with Crippen molar-refractivity contribution in [1.82, 2.24) is 0 Å². The molecule has 0 bridgehead atoms. The maximum Gasteiger partial charge on any atom is 0.0331 e. The van der Waals surface area contributed by atoms with Crippen molar-refractivity contribution in [2.75, 3.05) is 0 Å². The number of nitrogens with two attached hydrogens (primary N) is 2. The fourth-order valence-corrected chi connectivity index (χ4v) is 0.516. The van der Waals surface area contributed by atoms with Crippen LogP contribution in [0.4, 0.5) is 0 Å². The molecule has 0 spiro atoms. The lowest BCUT2D eigenvalue weighted by molar-refractivity contribution is 1.32. The van der Waals surface area contributed by atoms with Gasteiger partial charge in [-0.2, -0.15) is 0 Å². The Balaban J connectivity index is 4.16. The Labute approximate surface area is 61.9 Å². The molecule has 0 unspecified atom stereocenters. The van der Waals surface area contributed by atoms with Crippen LogP contribution in [0.1, 0.15) is 13.8 Å². The standard InChI is InChI=1S/C8H14N2/c1-3-5-8(10)6-7(9)4-2/h3-6H,9-10H2,1-2H3/b5-3-,7-4+,8-6+. The Bertz CT molecular complexity index is 176. The van der Waals surface area contributed by atoms with Gasteiger partial charge in [-0.1, -0.05) is 12.2 Å². The van der Waals surface area contributed by atoms with Crippen molar-refractivity contribution in [2.24, 2.45) is 11.5 Å². The predicted molar refractivity (Wildman–Crippen MR) is 45.0 cm³/mol. The molecule has 0 aromatic carbocycles. The van der Waals surface area contributed by atoms with Crippen LogP contribution in [0, 0.1) is 0 Å². The summed E-state index contributed by atoms with van der Waals surface area (Å²) in [6.45, 7) is 3.78. The molecule has 4 N–H and O–H groups in total. The minimum absolute atomic E-state index is 0.679. The minimum Gasteiger partial charge on any atom is -0.399 e. The maximum atomic E-state index is 5.51. The number of hydrogen-bond donors (Lipinski definition) is 2. The maximum absolute atomic E-state index is 5.51. The zero-order valence-corrected chi connectivity index (χ0v) is 6.46. The van der Waals surface area contributed by atoms with E-state index in [0.29, 0.717) is 11.4 Å². The van der Waals surface area contributed by atoms with Crippen LogP contribution < -0.4 is 11.5 Å². The van der Waals surface area contributed by atoms with Crippen LogP contribution in [0.5, 0.6) is 0 Å². The van der Waals surface area contributed by atoms with Gasteiger partial charge in [-0.3, -0.25) is 0 Å². The summed E-state index contributed by atoms with van der Waals surface area (Å²) in [5, 5.41) is 0. The number of allylic oxidation sites excluding steroid dienone is 4. The molecule has 0 aliphatic heterocycles. The van der Waals surface area contributed by atoms with Gasteiger partial charge in [-0.05, 0) is 26.0 Å². The second-order valence-corrected chi connectivity index (χ2v) is 1.93. The molecule has 2 nitrogen and oxygen atoms in total. The van der Waals surface area contributed by atoms with E-state index in [2.05, 4.69) is 0 Å². The van der Waals surface area contributed by atoms with E-state index in [1.165, 1.54) is 0 Å². The average molecular weight is 138 g/mol. The summed E-state index contributed by atoms with van der Waals surface area (Å²) in [6, 6.07) is 0. The summed E-state index contributed by atoms with van der Waals surface area (Å²) in [6.07, 6.45) is 7.20. The molecule has 0 radical (unpaired) electrons. The van der Waals surface area contributed by atoms with E-state index in [-0.39, 0.29) is 0 Å². The van der Waals surface area contributed by atoms with Crippen LogP contribution in [0.3, 0.4) is 0 Å². The molecule has 0 fully saturated rings. The largest absolute Gasteiger partial charge is 0.399 e. The molecule has 10 heavy (non-hydrogen) atoms. The molecule has 0 aliphatic rings. The Hall–Kier alpha value is -1.18. The van der Waals surface area contributed by atoms with Crippen molar-refractivity contribution >= 4 is 0 Å². The van der Waals surface area contributed by atoms with Gasteiger partial charge in [0.2, 0.25) is 0 Å². The third-order valence-electron chi connectivity index (χ3n) is 1.03. The summed E-state index contributed by atoms with van der Waals surface area (Å²) < 4.78 is 0. The molecular formula is C8H14N2. The van der Waals surface area contributed by atoms with Crippen LogP contribution >= 0.6 is 0 Å². The van der Waals surface area contributed by atoms with Gasteiger partial charge in [0.25, 0.3) is 0 Å². The second kappa shape index (κ2) is 4.68. The summed E-state index contributed by atoms with van der Waals surface area (Å²) >= 11 is 0.